The molecule has 0 radical (unpaired) electrons. The van der Waals surface area contributed by atoms with Crippen LogP contribution >= 0.6 is 0 Å². The van der Waals surface area contributed by atoms with Crippen LogP contribution in [0.4, 0.5) is 5.69 Å². The number of carbonyl (C=O) groups is 3. The Balaban J connectivity index is 1.67. The van der Waals surface area contributed by atoms with Crippen molar-refractivity contribution < 1.29 is 14.4 Å². The number of anilines is 1. The van der Waals surface area contributed by atoms with E-state index >= 15 is 0 Å². The summed E-state index contributed by atoms with van der Waals surface area (Å²) in [4.78, 5) is 44.0. The molecule has 8 nitrogen and oxygen atoms in total. The maximum Gasteiger partial charge on any atom is 0.274 e. The summed E-state index contributed by atoms with van der Waals surface area (Å²) in [5.41, 5.74) is 1.33. The van der Waals surface area contributed by atoms with Gasteiger partial charge in [0.2, 0.25) is 5.91 Å². The number of nitrogens with zero attached hydrogens (tertiary/aromatic N) is 4. The molecule has 0 aliphatic carbocycles. The van der Waals surface area contributed by atoms with Gasteiger partial charge in [-0.15, -0.1) is 0 Å². The van der Waals surface area contributed by atoms with Gasteiger partial charge < -0.3 is 15.1 Å². The second-order valence-corrected chi connectivity index (χ2v) is 6.35. The van der Waals surface area contributed by atoms with Crippen LogP contribution in [0, 0.1) is 11.3 Å². The van der Waals surface area contributed by atoms with Crippen LogP contribution < -0.4 is 5.32 Å². The minimum absolute atomic E-state index is 0.00769. The van der Waals surface area contributed by atoms with E-state index in [1.807, 2.05) is 6.07 Å². The first-order valence-corrected chi connectivity index (χ1v) is 8.81. The predicted octanol–water partition coefficient (Wildman–Crippen LogP) is 1.51. The second kappa shape index (κ2) is 8.31. The first kappa shape index (κ1) is 19.0. The fourth-order valence-electron chi connectivity index (χ4n) is 2.89. The van der Waals surface area contributed by atoms with Crippen molar-refractivity contribution >= 4 is 23.4 Å². The van der Waals surface area contributed by atoms with Gasteiger partial charge in [-0.3, -0.25) is 14.4 Å². The zero-order valence-electron chi connectivity index (χ0n) is 15.4. The molecule has 0 bridgehead atoms. The Labute approximate surface area is 162 Å². The molecule has 0 atom stereocenters. The highest BCUT2D eigenvalue weighted by molar-refractivity contribution is 6.03. The van der Waals surface area contributed by atoms with E-state index in [1.165, 1.54) is 13.0 Å². The van der Waals surface area contributed by atoms with Gasteiger partial charge in [0.1, 0.15) is 11.4 Å². The Kier molecular flexibility index (Phi) is 5.65. The van der Waals surface area contributed by atoms with E-state index in [1.54, 1.807) is 46.2 Å². The number of pyridine rings is 1. The van der Waals surface area contributed by atoms with E-state index < -0.39 is 5.91 Å². The van der Waals surface area contributed by atoms with Crippen molar-refractivity contribution in [3.63, 3.8) is 0 Å². The maximum absolute atomic E-state index is 12.7. The summed E-state index contributed by atoms with van der Waals surface area (Å²) in [6, 6.07) is 13.2. The fraction of sp³-hybridized carbons (Fsp3) is 0.250. The summed E-state index contributed by atoms with van der Waals surface area (Å²) in [6.07, 6.45) is 0. The molecule has 1 aliphatic rings. The summed E-state index contributed by atoms with van der Waals surface area (Å²) >= 11 is 0. The Bertz CT molecular complexity index is 941. The van der Waals surface area contributed by atoms with Crippen molar-refractivity contribution in [1.29, 1.82) is 5.26 Å². The summed E-state index contributed by atoms with van der Waals surface area (Å²) in [6.45, 7) is 3.35. The van der Waals surface area contributed by atoms with Gasteiger partial charge in [-0.25, -0.2) is 4.98 Å². The minimum Gasteiger partial charge on any atom is -0.339 e. The van der Waals surface area contributed by atoms with Crippen LogP contribution in [-0.2, 0) is 4.79 Å². The van der Waals surface area contributed by atoms with E-state index in [4.69, 9.17) is 5.26 Å². The molecule has 1 N–H and O–H groups in total. The summed E-state index contributed by atoms with van der Waals surface area (Å²) in [5, 5.41) is 11.5. The van der Waals surface area contributed by atoms with Crippen LogP contribution in [0.3, 0.4) is 0 Å². The summed E-state index contributed by atoms with van der Waals surface area (Å²) in [5.74, 6) is -0.719. The van der Waals surface area contributed by atoms with Crippen LogP contribution in [0.1, 0.15) is 33.5 Å². The standard InChI is InChI=1S/C20H19N5O3/c1-14(26)24-9-11-25(12-10-24)20(28)18-4-2-3-17(23-18)19(27)22-16-7-5-15(13-21)6-8-16/h2-8H,9-12H2,1H3,(H,22,27). The molecule has 1 fully saturated rings. The lowest BCUT2D eigenvalue weighted by Gasteiger charge is -2.34. The quantitative estimate of drug-likeness (QED) is 0.873. The predicted molar refractivity (Wildman–Crippen MR) is 102 cm³/mol. The number of amides is 3. The fourth-order valence-corrected chi connectivity index (χ4v) is 2.89. The Morgan fingerprint density at radius 3 is 2.18 bits per heavy atom. The highest BCUT2D eigenvalue weighted by Crippen LogP contribution is 2.12. The molecule has 8 heteroatoms. The number of hydrogen-bond acceptors (Lipinski definition) is 5. The third-order valence-corrected chi connectivity index (χ3v) is 4.48. The number of hydrogen-bond donors (Lipinski definition) is 1. The number of piperazine rings is 1. The van der Waals surface area contributed by atoms with Crippen molar-refractivity contribution in [3.8, 4) is 6.07 Å². The van der Waals surface area contributed by atoms with Gasteiger partial charge in [-0.1, -0.05) is 6.07 Å². The first-order chi connectivity index (χ1) is 13.5. The van der Waals surface area contributed by atoms with E-state index in [-0.39, 0.29) is 23.2 Å². The highest BCUT2D eigenvalue weighted by Gasteiger charge is 2.24. The number of nitriles is 1. The van der Waals surface area contributed by atoms with Gasteiger partial charge in [0.05, 0.1) is 11.6 Å². The molecular formula is C20H19N5O3. The molecule has 0 spiro atoms. The molecule has 28 heavy (non-hydrogen) atoms. The van der Waals surface area contributed by atoms with Crippen molar-refractivity contribution in [2.75, 3.05) is 31.5 Å². The molecule has 3 rings (SSSR count). The molecule has 0 unspecified atom stereocenters. The molecule has 2 aromatic rings. The van der Waals surface area contributed by atoms with Crippen LogP contribution in [-0.4, -0.2) is 58.7 Å². The van der Waals surface area contributed by atoms with Crippen LogP contribution in [0.2, 0.25) is 0 Å². The molecule has 2 heterocycles. The molecule has 1 aromatic carbocycles. The molecule has 3 amide bonds. The van der Waals surface area contributed by atoms with Crippen molar-refractivity contribution in [2.45, 2.75) is 6.92 Å². The van der Waals surface area contributed by atoms with Gasteiger partial charge in [-0.05, 0) is 36.4 Å². The van der Waals surface area contributed by atoms with Crippen LogP contribution in [0.5, 0.6) is 0 Å². The third kappa shape index (κ3) is 4.32. The summed E-state index contributed by atoms with van der Waals surface area (Å²) < 4.78 is 0. The molecule has 1 aliphatic heterocycles. The molecular weight excluding hydrogens is 358 g/mol. The lowest BCUT2D eigenvalue weighted by atomic mass is 10.2. The topological polar surface area (TPSA) is 106 Å². The molecule has 142 valence electrons. The Morgan fingerprint density at radius 1 is 0.964 bits per heavy atom. The van der Waals surface area contributed by atoms with E-state index in [0.29, 0.717) is 37.4 Å². The van der Waals surface area contributed by atoms with Gasteiger partial charge in [0.25, 0.3) is 11.8 Å². The van der Waals surface area contributed by atoms with Gasteiger partial charge >= 0.3 is 0 Å². The molecule has 1 aromatic heterocycles. The highest BCUT2D eigenvalue weighted by atomic mass is 16.2. The van der Waals surface area contributed by atoms with Crippen LogP contribution in [0.25, 0.3) is 0 Å². The van der Waals surface area contributed by atoms with E-state index in [9.17, 15) is 14.4 Å². The third-order valence-electron chi connectivity index (χ3n) is 4.48. The lowest BCUT2D eigenvalue weighted by Crippen LogP contribution is -2.50. The number of nitrogens with one attached hydrogen (secondary N) is 1. The van der Waals surface area contributed by atoms with Gasteiger partial charge in [0.15, 0.2) is 0 Å². The number of aromatic nitrogens is 1. The lowest BCUT2D eigenvalue weighted by molar-refractivity contribution is -0.130. The second-order valence-electron chi connectivity index (χ2n) is 6.35. The normalized spacial score (nSPS) is 13.6. The molecule has 1 saturated heterocycles. The van der Waals surface area contributed by atoms with Gasteiger partial charge in [-0.2, -0.15) is 5.26 Å². The maximum atomic E-state index is 12.7. The summed E-state index contributed by atoms with van der Waals surface area (Å²) in [7, 11) is 0. The smallest absolute Gasteiger partial charge is 0.274 e. The molecule has 0 saturated carbocycles. The zero-order chi connectivity index (χ0) is 20.1. The van der Waals surface area contributed by atoms with Crippen molar-refractivity contribution in [3.05, 3.63) is 59.4 Å². The van der Waals surface area contributed by atoms with Crippen molar-refractivity contribution in [2.24, 2.45) is 0 Å². The van der Waals surface area contributed by atoms with Crippen molar-refractivity contribution in [1.82, 2.24) is 14.8 Å². The number of rotatable bonds is 3. The number of carbonyl (C=O) groups excluding carboxylic acids is 3. The van der Waals surface area contributed by atoms with Gasteiger partial charge in [0, 0.05) is 38.8 Å². The Hall–Kier alpha value is -3.73. The van der Waals surface area contributed by atoms with Crippen LogP contribution in [0.15, 0.2) is 42.5 Å². The SMILES string of the molecule is CC(=O)N1CCN(C(=O)c2cccc(C(=O)Nc3ccc(C#N)cc3)n2)CC1. The largest absolute Gasteiger partial charge is 0.339 e. The van der Waals surface area contributed by atoms with E-state index in [2.05, 4.69) is 10.3 Å². The monoisotopic (exact) mass is 377 g/mol. The minimum atomic E-state index is -0.444. The number of benzene rings is 1. The average molecular weight is 377 g/mol. The average Bonchev–Trinajstić information content (AvgIpc) is 2.74. The zero-order valence-corrected chi connectivity index (χ0v) is 15.4. The van der Waals surface area contributed by atoms with E-state index in [0.717, 1.165) is 0 Å². The first-order valence-electron chi connectivity index (χ1n) is 8.81. The Morgan fingerprint density at radius 2 is 1.57 bits per heavy atom.